The third-order valence-electron chi connectivity index (χ3n) is 6.40. The lowest BCUT2D eigenvalue weighted by atomic mass is 9.93. The molecule has 0 bridgehead atoms. The molecule has 1 fully saturated rings. The highest BCUT2D eigenvalue weighted by atomic mass is 32.1. The van der Waals surface area contributed by atoms with Crippen LogP contribution in [-0.2, 0) is 16.0 Å². The van der Waals surface area contributed by atoms with Gasteiger partial charge in [-0.3, -0.25) is 14.5 Å². The van der Waals surface area contributed by atoms with E-state index in [2.05, 4.69) is 5.32 Å². The predicted octanol–water partition coefficient (Wildman–Crippen LogP) is 7.13. The summed E-state index contributed by atoms with van der Waals surface area (Å²) in [5.74, 6) is -1.98. The highest BCUT2D eigenvalue weighted by Gasteiger charge is 2.41. The van der Waals surface area contributed by atoms with Gasteiger partial charge in [0.2, 0.25) is 11.8 Å². The molecular weight excluding hydrogens is 504 g/mol. The lowest BCUT2D eigenvalue weighted by Gasteiger charge is -2.35. The van der Waals surface area contributed by atoms with E-state index in [1.165, 1.54) is 41.7 Å². The van der Waals surface area contributed by atoms with E-state index in [0.717, 1.165) is 37.2 Å². The molecule has 0 spiro atoms. The Bertz CT molecular complexity index is 1120. The first-order valence-corrected chi connectivity index (χ1v) is 13.3. The standard InChI is InChI=1S/C28H32F4N2O2S/c1-3-4-15-24(19(2)28(30,31)32)26(27(36)33-21-11-6-5-7-12-21)34(22-13-8-10-20(29)17-22)25(35)18-23-14-9-16-37-23/h4,8-10,13-17,21,26H,3,5-7,11-12,18H2,1-2H3,(H,33,36)/b15-4-,24-19-. The summed E-state index contributed by atoms with van der Waals surface area (Å²) >= 11 is 1.32. The molecule has 1 atom stereocenters. The van der Waals surface area contributed by atoms with Crippen molar-refractivity contribution in [3.8, 4) is 0 Å². The molecule has 2 aromatic rings. The maximum Gasteiger partial charge on any atom is 0.412 e. The quantitative estimate of drug-likeness (QED) is 0.274. The van der Waals surface area contributed by atoms with Crippen LogP contribution in [-0.4, -0.2) is 30.1 Å². The molecule has 1 N–H and O–H groups in total. The van der Waals surface area contributed by atoms with Crippen molar-refractivity contribution in [3.05, 3.63) is 75.8 Å². The molecule has 1 saturated carbocycles. The number of anilines is 1. The van der Waals surface area contributed by atoms with Crippen molar-refractivity contribution in [2.24, 2.45) is 0 Å². The zero-order valence-corrected chi connectivity index (χ0v) is 21.8. The Morgan fingerprint density at radius 1 is 1.16 bits per heavy atom. The van der Waals surface area contributed by atoms with E-state index in [1.54, 1.807) is 24.4 Å². The number of rotatable bonds is 9. The fourth-order valence-corrected chi connectivity index (χ4v) is 5.16. The molecule has 37 heavy (non-hydrogen) atoms. The maximum atomic E-state index is 14.3. The van der Waals surface area contributed by atoms with Crippen LogP contribution in [0.25, 0.3) is 0 Å². The molecule has 2 amide bonds. The lowest BCUT2D eigenvalue weighted by Crippen LogP contribution is -2.54. The predicted molar refractivity (Wildman–Crippen MR) is 139 cm³/mol. The zero-order valence-electron chi connectivity index (χ0n) is 21.0. The molecule has 1 aromatic carbocycles. The SMILES string of the molecule is CC/C=C\C(=C(/C)C(F)(F)F)C(C(=O)NC1CCCCC1)N(C(=O)Cc1cccs1)c1cccc(F)c1. The first-order chi connectivity index (χ1) is 17.6. The van der Waals surface area contributed by atoms with Crippen LogP contribution in [0, 0.1) is 5.82 Å². The molecule has 200 valence electrons. The lowest BCUT2D eigenvalue weighted by molar-refractivity contribution is -0.126. The van der Waals surface area contributed by atoms with Crippen LogP contribution < -0.4 is 10.2 Å². The van der Waals surface area contributed by atoms with Gasteiger partial charge >= 0.3 is 6.18 Å². The summed E-state index contributed by atoms with van der Waals surface area (Å²) in [5, 5.41) is 4.68. The minimum absolute atomic E-state index is 0.0164. The van der Waals surface area contributed by atoms with Gasteiger partial charge in [0, 0.05) is 22.2 Å². The molecule has 0 aliphatic heterocycles. The number of alkyl halides is 3. The molecule has 9 heteroatoms. The summed E-state index contributed by atoms with van der Waals surface area (Å²) in [6.45, 7) is 2.67. The highest BCUT2D eigenvalue weighted by molar-refractivity contribution is 7.10. The number of hydrogen-bond acceptors (Lipinski definition) is 3. The molecule has 0 radical (unpaired) electrons. The first kappa shape index (κ1) is 28.6. The Labute approximate surface area is 219 Å². The minimum atomic E-state index is -4.73. The van der Waals surface area contributed by atoms with Gasteiger partial charge in [0.15, 0.2) is 0 Å². The second-order valence-corrected chi connectivity index (χ2v) is 10.2. The third kappa shape index (κ3) is 7.77. The van der Waals surface area contributed by atoms with Crippen molar-refractivity contribution < 1.29 is 27.2 Å². The number of carbonyl (C=O) groups excluding carboxylic acids is 2. The summed E-state index contributed by atoms with van der Waals surface area (Å²) in [7, 11) is 0. The Hall–Kier alpha value is -2.94. The molecule has 0 saturated heterocycles. The van der Waals surface area contributed by atoms with Crippen molar-refractivity contribution in [1.82, 2.24) is 5.32 Å². The summed E-state index contributed by atoms with van der Waals surface area (Å²) < 4.78 is 56.5. The maximum absolute atomic E-state index is 14.3. The third-order valence-corrected chi connectivity index (χ3v) is 7.28. The number of nitrogens with one attached hydrogen (secondary N) is 1. The Kier molecular flexibility index (Phi) is 10.1. The van der Waals surface area contributed by atoms with Crippen LogP contribution >= 0.6 is 11.3 Å². The average Bonchev–Trinajstić information content (AvgIpc) is 3.36. The number of nitrogens with zero attached hydrogens (tertiary/aromatic N) is 1. The normalized spacial score (nSPS) is 16.4. The Balaban J connectivity index is 2.19. The minimum Gasteiger partial charge on any atom is -0.351 e. The second kappa shape index (κ2) is 13.0. The van der Waals surface area contributed by atoms with Crippen LogP contribution in [0.5, 0.6) is 0 Å². The molecule has 1 aliphatic rings. The first-order valence-electron chi connectivity index (χ1n) is 12.5. The van der Waals surface area contributed by atoms with Gasteiger partial charge in [-0.25, -0.2) is 4.39 Å². The number of carbonyl (C=O) groups is 2. The second-order valence-electron chi connectivity index (χ2n) is 9.13. The number of hydrogen-bond donors (Lipinski definition) is 1. The average molecular weight is 537 g/mol. The smallest absolute Gasteiger partial charge is 0.351 e. The van der Waals surface area contributed by atoms with E-state index in [1.807, 2.05) is 0 Å². The summed E-state index contributed by atoms with van der Waals surface area (Å²) in [6, 6.07) is 6.70. The Morgan fingerprint density at radius 3 is 2.49 bits per heavy atom. The van der Waals surface area contributed by atoms with Crippen LogP contribution in [0.15, 0.2) is 65.1 Å². The molecule has 4 nitrogen and oxygen atoms in total. The van der Waals surface area contributed by atoms with Crippen molar-refractivity contribution >= 4 is 28.8 Å². The van der Waals surface area contributed by atoms with E-state index in [4.69, 9.17) is 0 Å². The topological polar surface area (TPSA) is 49.4 Å². The Morgan fingerprint density at radius 2 is 1.89 bits per heavy atom. The zero-order chi connectivity index (χ0) is 27.0. The molecule has 1 unspecified atom stereocenters. The van der Waals surface area contributed by atoms with E-state index < -0.39 is 35.4 Å². The van der Waals surface area contributed by atoms with Crippen LogP contribution in [0.2, 0.25) is 0 Å². The van der Waals surface area contributed by atoms with Gasteiger partial charge in [0.1, 0.15) is 11.9 Å². The monoisotopic (exact) mass is 536 g/mol. The van der Waals surface area contributed by atoms with Crippen molar-refractivity contribution in [1.29, 1.82) is 0 Å². The van der Waals surface area contributed by atoms with E-state index in [9.17, 15) is 27.2 Å². The van der Waals surface area contributed by atoms with Gasteiger partial charge in [-0.2, -0.15) is 13.2 Å². The summed E-state index contributed by atoms with van der Waals surface area (Å²) in [4.78, 5) is 29.2. The van der Waals surface area contributed by atoms with E-state index >= 15 is 0 Å². The van der Waals surface area contributed by atoms with Gasteiger partial charge in [-0.1, -0.05) is 50.5 Å². The van der Waals surface area contributed by atoms with E-state index in [-0.39, 0.29) is 23.7 Å². The van der Waals surface area contributed by atoms with E-state index in [0.29, 0.717) is 24.1 Å². The summed E-state index contributed by atoms with van der Waals surface area (Å²) in [6.07, 6.45) is 2.60. The van der Waals surface area contributed by atoms with Gasteiger partial charge in [0.25, 0.3) is 0 Å². The molecule has 1 aliphatic carbocycles. The molecule has 3 rings (SSSR count). The molecular formula is C28H32F4N2O2S. The molecule has 1 heterocycles. The van der Waals surface area contributed by atoms with Crippen molar-refractivity contribution in [2.75, 3.05) is 4.90 Å². The van der Waals surface area contributed by atoms with Crippen LogP contribution in [0.4, 0.5) is 23.2 Å². The van der Waals surface area contributed by atoms with Crippen LogP contribution in [0.3, 0.4) is 0 Å². The van der Waals surface area contributed by atoms with Crippen LogP contribution in [0.1, 0.15) is 57.2 Å². The van der Waals surface area contributed by atoms with Gasteiger partial charge in [0.05, 0.1) is 6.42 Å². The number of allylic oxidation sites excluding steroid dienone is 2. The fraction of sp³-hybridized carbons (Fsp3) is 0.429. The molecule has 1 aromatic heterocycles. The largest absolute Gasteiger partial charge is 0.412 e. The number of thiophene rings is 1. The van der Waals surface area contributed by atoms with Gasteiger partial charge in [-0.05, 0) is 61.4 Å². The number of halogens is 4. The summed E-state index contributed by atoms with van der Waals surface area (Å²) in [5.41, 5.74) is -1.31. The number of amides is 2. The van der Waals surface area contributed by atoms with Gasteiger partial charge in [-0.15, -0.1) is 11.3 Å². The van der Waals surface area contributed by atoms with Crippen molar-refractivity contribution in [2.45, 2.75) is 77.1 Å². The van der Waals surface area contributed by atoms with Gasteiger partial charge < -0.3 is 5.32 Å². The fourth-order valence-electron chi connectivity index (χ4n) is 4.46. The van der Waals surface area contributed by atoms with Crippen molar-refractivity contribution in [3.63, 3.8) is 0 Å². The number of benzene rings is 1. The highest BCUT2D eigenvalue weighted by Crippen LogP contribution is 2.34.